The fourth-order valence-corrected chi connectivity index (χ4v) is 3.99. The highest BCUT2D eigenvalue weighted by Crippen LogP contribution is 2.31. The van der Waals surface area contributed by atoms with Crippen LogP contribution in [-0.2, 0) is 0 Å². The van der Waals surface area contributed by atoms with E-state index in [2.05, 4.69) is 4.98 Å². The Hall–Kier alpha value is -2.32. The fraction of sp³-hybridized carbons (Fsp3) is 0.200. The van der Waals surface area contributed by atoms with E-state index in [1.54, 1.807) is 23.3 Å². The number of benzene rings is 1. The standard InChI is InChI=1S/C15H13N3O3S2/c1-9(14-16-10-5-3-4-6-11(10)23-14)17(2)15(19)12-7-8-13(22-12)18(20)21/h3-9H,1-2H3/t9-/m1/s1. The predicted molar refractivity (Wildman–Crippen MR) is 91.1 cm³/mol. The van der Waals surface area contributed by atoms with E-state index in [4.69, 9.17) is 0 Å². The van der Waals surface area contributed by atoms with Crippen molar-refractivity contribution in [1.82, 2.24) is 9.88 Å². The molecule has 3 rings (SSSR count). The monoisotopic (exact) mass is 347 g/mol. The van der Waals surface area contributed by atoms with Gasteiger partial charge in [-0.05, 0) is 25.1 Å². The van der Waals surface area contributed by atoms with Crippen LogP contribution in [-0.4, -0.2) is 27.8 Å². The maximum Gasteiger partial charge on any atom is 0.324 e. The number of thiophene rings is 1. The van der Waals surface area contributed by atoms with Gasteiger partial charge in [-0.15, -0.1) is 11.3 Å². The Bertz CT molecular complexity index is 854. The van der Waals surface area contributed by atoms with Crippen molar-refractivity contribution >= 4 is 43.8 Å². The van der Waals surface area contributed by atoms with Gasteiger partial charge >= 0.3 is 5.00 Å². The molecule has 3 aromatic rings. The quantitative estimate of drug-likeness (QED) is 0.526. The SMILES string of the molecule is C[C@H](c1nc2ccccc2s1)N(C)C(=O)c1ccc([N+](=O)[O-])s1. The molecule has 1 amide bonds. The van der Waals surface area contributed by atoms with Crippen LogP contribution < -0.4 is 0 Å². The van der Waals surface area contributed by atoms with Crippen molar-refractivity contribution in [2.24, 2.45) is 0 Å². The first-order valence-electron chi connectivity index (χ1n) is 6.84. The molecule has 0 bridgehead atoms. The van der Waals surface area contributed by atoms with E-state index in [0.29, 0.717) is 4.88 Å². The number of fused-ring (bicyclic) bond motifs is 1. The number of nitrogens with zero attached hydrogens (tertiary/aromatic N) is 3. The molecule has 118 valence electrons. The maximum atomic E-state index is 12.5. The minimum absolute atomic E-state index is 0.0330. The fourth-order valence-electron chi connectivity index (χ4n) is 2.12. The lowest BCUT2D eigenvalue weighted by atomic mass is 10.3. The molecule has 0 fully saturated rings. The molecule has 0 spiro atoms. The van der Waals surface area contributed by atoms with E-state index in [-0.39, 0.29) is 17.0 Å². The number of nitro groups is 1. The molecule has 1 aromatic carbocycles. The average molecular weight is 347 g/mol. The zero-order chi connectivity index (χ0) is 16.6. The molecule has 0 N–H and O–H groups in total. The van der Waals surface area contributed by atoms with Crippen LogP contribution in [0.2, 0.25) is 0 Å². The van der Waals surface area contributed by atoms with E-state index in [1.807, 2.05) is 31.2 Å². The molecule has 8 heteroatoms. The minimum Gasteiger partial charge on any atom is -0.332 e. The Morgan fingerprint density at radius 2 is 2.00 bits per heavy atom. The molecule has 6 nitrogen and oxygen atoms in total. The lowest BCUT2D eigenvalue weighted by Gasteiger charge is -2.22. The van der Waals surface area contributed by atoms with Gasteiger partial charge in [-0.3, -0.25) is 14.9 Å². The largest absolute Gasteiger partial charge is 0.332 e. The third kappa shape index (κ3) is 2.95. The summed E-state index contributed by atoms with van der Waals surface area (Å²) in [6.45, 7) is 1.90. The number of amides is 1. The van der Waals surface area contributed by atoms with E-state index >= 15 is 0 Å². The Morgan fingerprint density at radius 1 is 1.26 bits per heavy atom. The summed E-state index contributed by atoms with van der Waals surface area (Å²) in [4.78, 5) is 29.2. The van der Waals surface area contributed by atoms with Gasteiger partial charge in [-0.25, -0.2) is 4.98 Å². The van der Waals surface area contributed by atoms with Crippen molar-refractivity contribution in [3.05, 3.63) is 56.4 Å². The number of rotatable bonds is 4. The van der Waals surface area contributed by atoms with Crippen LogP contribution in [0.15, 0.2) is 36.4 Å². The molecule has 0 unspecified atom stereocenters. The average Bonchev–Trinajstić information content (AvgIpc) is 3.19. The number of carbonyl (C=O) groups is 1. The molecule has 0 aliphatic carbocycles. The molecule has 0 aliphatic heterocycles. The summed E-state index contributed by atoms with van der Waals surface area (Å²) < 4.78 is 1.07. The zero-order valence-corrected chi connectivity index (χ0v) is 14.1. The molecule has 0 aliphatic rings. The molecular formula is C15H13N3O3S2. The smallest absolute Gasteiger partial charge is 0.324 e. The van der Waals surface area contributed by atoms with Crippen LogP contribution in [0.4, 0.5) is 5.00 Å². The van der Waals surface area contributed by atoms with Crippen LogP contribution in [0.25, 0.3) is 10.2 Å². The van der Waals surface area contributed by atoms with Crippen molar-refractivity contribution in [3.63, 3.8) is 0 Å². The molecule has 2 heterocycles. The van der Waals surface area contributed by atoms with Gasteiger partial charge in [0.15, 0.2) is 0 Å². The second kappa shape index (κ2) is 6.05. The Labute approximate surface area is 140 Å². The Balaban J connectivity index is 1.84. The molecule has 2 aromatic heterocycles. The van der Waals surface area contributed by atoms with Gasteiger partial charge < -0.3 is 4.90 Å². The van der Waals surface area contributed by atoms with E-state index in [1.165, 1.54) is 12.1 Å². The second-order valence-electron chi connectivity index (χ2n) is 5.01. The number of para-hydroxylation sites is 1. The number of hydrogen-bond donors (Lipinski definition) is 0. The van der Waals surface area contributed by atoms with Gasteiger partial charge in [0.1, 0.15) is 5.01 Å². The van der Waals surface area contributed by atoms with Crippen molar-refractivity contribution < 1.29 is 9.72 Å². The molecule has 1 atom stereocenters. The lowest BCUT2D eigenvalue weighted by molar-refractivity contribution is -0.380. The summed E-state index contributed by atoms with van der Waals surface area (Å²) in [5.74, 6) is -0.241. The highest BCUT2D eigenvalue weighted by molar-refractivity contribution is 7.18. The maximum absolute atomic E-state index is 12.5. The normalized spacial score (nSPS) is 12.3. The van der Waals surface area contributed by atoms with Gasteiger partial charge in [-0.2, -0.15) is 0 Å². The predicted octanol–water partition coefficient (Wildman–Crippen LogP) is 4.10. The number of hydrogen-bond acceptors (Lipinski definition) is 6. The summed E-state index contributed by atoms with van der Waals surface area (Å²) in [7, 11) is 1.69. The second-order valence-corrected chi connectivity index (χ2v) is 7.13. The Kier molecular flexibility index (Phi) is 4.10. The van der Waals surface area contributed by atoms with Crippen molar-refractivity contribution in [3.8, 4) is 0 Å². The molecule has 23 heavy (non-hydrogen) atoms. The van der Waals surface area contributed by atoms with Gasteiger partial charge in [-0.1, -0.05) is 23.5 Å². The van der Waals surface area contributed by atoms with Gasteiger partial charge in [0.25, 0.3) is 5.91 Å². The van der Waals surface area contributed by atoms with E-state index < -0.39 is 4.92 Å². The van der Waals surface area contributed by atoms with Crippen molar-refractivity contribution in [2.75, 3.05) is 7.05 Å². The summed E-state index contributed by atoms with van der Waals surface area (Å²) in [6, 6.07) is 10.5. The molecular weight excluding hydrogens is 334 g/mol. The highest BCUT2D eigenvalue weighted by Gasteiger charge is 2.24. The van der Waals surface area contributed by atoms with Gasteiger partial charge in [0.2, 0.25) is 0 Å². The third-order valence-electron chi connectivity index (χ3n) is 3.55. The highest BCUT2D eigenvalue weighted by atomic mass is 32.1. The first-order valence-corrected chi connectivity index (χ1v) is 8.47. The minimum atomic E-state index is -0.488. The Morgan fingerprint density at radius 3 is 2.65 bits per heavy atom. The van der Waals surface area contributed by atoms with Gasteiger partial charge in [0.05, 0.1) is 26.1 Å². The number of thiazole rings is 1. The zero-order valence-electron chi connectivity index (χ0n) is 12.4. The van der Waals surface area contributed by atoms with Crippen molar-refractivity contribution in [1.29, 1.82) is 0 Å². The topological polar surface area (TPSA) is 76.3 Å². The van der Waals surface area contributed by atoms with Crippen LogP contribution in [0.5, 0.6) is 0 Å². The molecule has 0 saturated heterocycles. The van der Waals surface area contributed by atoms with Crippen LogP contribution in [0.1, 0.15) is 27.6 Å². The van der Waals surface area contributed by atoms with Crippen LogP contribution in [0, 0.1) is 10.1 Å². The summed E-state index contributed by atoms with van der Waals surface area (Å²) in [5, 5.41) is 11.6. The summed E-state index contributed by atoms with van der Waals surface area (Å²) in [5.41, 5.74) is 0.909. The summed E-state index contributed by atoms with van der Waals surface area (Å²) in [6.07, 6.45) is 0. The summed E-state index contributed by atoms with van der Waals surface area (Å²) >= 11 is 2.43. The van der Waals surface area contributed by atoms with Crippen LogP contribution in [0.3, 0.4) is 0 Å². The van der Waals surface area contributed by atoms with Crippen molar-refractivity contribution in [2.45, 2.75) is 13.0 Å². The number of aromatic nitrogens is 1. The first kappa shape index (κ1) is 15.6. The van der Waals surface area contributed by atoms with E-state index in [9.17, 15) is 14.9 Å². The first-order chi connectivity index (χ1) is 11.0. The molecule has 0 saturated carbocycles. The van der Waals surface area contributed by atoms with Gasteiger partial charge in [0, 0.05) is 13.1 Å². The third-order valence-corrected chi connectivity index (χ3v) is 5.78. The number of carbonyl (C=O) groups excluding carboxylic acids is 1. The molecule has 0 radical (unpaired) electrons. The lowest BCUT2D eigenvalue weighted by Crippen LogP contribution is -2.28. The van der Waals surface area contributed by atoms with E-state index in [0.717, 1.165) is 26.6 Å². The van der Waals surface area contributed by atoms with Crippen LogP contribution >= 0.6 is 22.7 Å².